The minimum atomic E-state index is -0.0232. The standard InChI is InChI=1S/C12H18ClN3O/c1-8(12(14)16-17)7-15-9(2)10-5-3-4-6-11(10)13/h3-6,8-9,15,17H,7H2,1-2H3,(H2,14,16)/t8?,9-/m0/s1. The molecule has 17 heavy (non-hydrogen) atoms. The van der Waals surface area contributed by atoms with Gasteiger partial charge in [0.2, 0.25) is 0 Å². The summed E-state index contributed by atoms with van der Waals surface area (Å²) < 4.78 is 0. The highest BCUT2D eigenvalue weighted by Gasteiger charge is 2.12. The van der Waals surface area contributed by atoms with E-state index < -0.39 is 0 Å². The molecular weight excluding hydrogens is 238 g/mol. The van der Waals surface area contributed by atoms with Crippen molar-refractivity contribution < 1.29 is 5.21 Å². The van der Waals surface area contributed by atoms with E-state index in [1.807, 2.05) is 38.1 Å². The molecule has 2 atom stereocenters. The largest absolute Gasteiger partial charge is 0.409 e. The van der Waals surface area contributed by atoms with Gasteiger partial charge in [0.15, 0.2) is 0 Å². The van der Waals surface area contributed by atoms with Crippen LogP contribution >= 0.6 is 11.6 Å². The first-order valence-corrected chi connectivity index (χ1v) is 5.89. The summed E-state index contributed by atoms with van der Waals surface area (Å²) in [6, 6.07) is 7.82. The van der Waals surface area contributed by atoms with E-state index in [1.54, 1.807) is 0 Å². The molecule has 1 unspecified atom stereocenters. The zero-order valence-electron chi connectivity index (χ0n) is 10.0. The number of amidine groups is 1. The van der Waals surface area contributed by atoms with Crippen LogP contribution in [0.3, 0.4) is 0 Å². The molecule has 0 aliphatic rings. The molecule has 1 rings (SSSR count). The average molecular weight is 256 g/mol. The Hall–Kier alpha value is -1.26. The van der Waals surface area contributed by atoms with Gasteiger partial charge >= 0.3 is 0 Å². The van der Waals surface area contributed by atoms with Gasteiger partial charge < -0.3 is 16.3 Å². The first-order chi connectivity index (χ1) is 8.06. The summed E-state index contributed by atoms with van der Waals surface area (Å²) >= 11 is 6.10. The third-order valence-corrected chi connectivity index (χ3v) is 3.07. The van der Waals surface area contributed by atoms with E-state index >= 15 is 0 Å². The molecule has 0 bridgehead atoms. The Morgan fingerprint density at radius 3 is 2.71 bits per heavy atom. The second-order valence-electron chi connectivity index (χ2n) is 4.08. The fraction of sp³-hybridized carbons (Fsp3) is 0.417. The fourth-order valence-corrected chi connectivity index (χ4v) is 1.79. The van der Waals surface area contributed by atoms with Crippen molar-refractivity contribution in [2.45, 2.75) is 19.9 Å². The Balaban J connectivity index is 2.56. The van der Waals surface area contributed by atoms with Crippen molar-refractivity contribution >= 4 is 17.4 Å². The van der Waals surface area contributed by atoms with E-state index in [9.17, 15) is 0 Å². The van der Waals surface area contributed by atoms with Crippen LogP contribution in [-0.4, -0.2) is 17.6 Å². The van der Waals surface area contributed by atoms with Gasteiger partial charge in [0.25, 0.3) is 0 Å². The van der Waals surface area contributed by atoms with Crippen molar-refractivity contribution in [3.63, 3.8) is 0 Å². The molecule has 0 fully saturated rings. The molecule has 0 aliphatic heterocycles. The van der Waals surface area contributed by atoms with Crippen molar-refractivity contribution in [3.05, 3.63) is 34.9 Å². The van der Waals surface area contributed by atoms with Crippen LogP contribution in [0.15, 0.2) is 29.4 Å². The number of nitrogens with one attached hydrogen (secondary N) is 1. The predicted molar refractivity (Wildman–Crippen MR) is 70.4 cm³/mol. The molecular formula is C12H18ClN3O. The molecule has 0 heterocycles. The van der Waals surface area contributed by atoms with Crippen molar-refractivity contribution in [2.24, 2.45) is 16.8 Å². The Labute approximate surface area is 106 Å². The van der Waals surface area contributed by atoms with E-state index in [0.717, 1.165) is 10.6 Å². The molecule has 4 nitrogen and oxygen atoms in total. The molecule has 0 saturated heterocycles. The summed E-state index contributed by atoms with van der Waals surface area (Å²) in [5.74, 6) is 0.203. The van der Waals surface area contributed by atoms with Gasteiger partial charge in [-0.15, -0.1) is 0 Å². The normalized spacial score (nSPS) is 15.6. The lowest BCUT2D eigenvalue weighted by Gasteiger charge is -2.18. The fourth-order valence-electron chi connectivity index (χ4n) is 1.49. The third-order valence-electron chi connectivity index (χ3n) is 2.72. The minimum absolute atomic E-state index is 0.0232. The summed E-state index contributed by atoms with van der Waals surface area (Å²) in [4.78, 5) is 0. The quantitative estimate of drug-likeness (QED) is 0.327. The number of hydrogen-bond acceptors (Lipinski definition) is 3. The Bertz CT molecular complexity index is 395. The maximum Gasteiger partial charge on any atom is 0.143 e. The lowest BCUT2D eigenvalue weighted by Crippen LogP contribution is -2.32. The topological polar surface area (TPSA) is 70.6 Å². The number of rotatable bonds is 5. The lowest BCUT2D eigenvalue weighted by atomic mass is 10.1. The van der Waals surface area contributed by atoms with Crippen LogP contribution in [0.25, 0.3) is 0 Å². The van der Waals surface area contributed by atoms with Crippen LogP contribution in [0, 0.1) is 5.92 Å². The molecule has 1 aromatic rings. The number of halogens is 1. The summed E-state index contributed by atoms with van der Waals surface area (Å²) in [6.07, 6.45) is 0. The molecule has 94 valence electrons. The predicted octanol–water partition coefficient (Wildman–Crippen LogP) is 2.37. The summed E-state index contributed by atoms with van der Waals surface area (Å²) in [5.41, 5.74) is 6.55. The van der Waals surface area contributed by atoms with Gasteiger partial charge in [-0.1, -0.05) is 41.9 Å². The lowest BCUT2D eigenvalue weighted by molar-refractivity contribution is 0.313. The monoisotopic (exact) mass is 255 g/mol. The van der Waals surface area contributed by atoms with Crippen molar-refractivity contribution in [2.75, 3.05) is 6.54 Å². The molecule has 4 N–H and O–H groups in total. The highest BCUT2D eigenvalue weighted by molar-refractivity contribution is 6.31. The Kier molecular flexibility index (Phi) is 5.25. The van der Waals surface area contributed by atoms with Crippen LogP contribution in [0.4, 0.5) is 0 Å². The second kappa shape index (κ2) is 6.47. The summed E-state index contributed by atoms with van der Waals surface area (Å²) in [5, 5.41) is 15.6. The number of nitrogens with zero attached hydrogens (tertiary/aromatic N) is 1. The zero-order valence-corrected chi connectivity index (χ0v) is 10.8. The summed E-state index contributed by atoms with van der Waals surface area (Å²) in [7, 11) is 0. The summed E-state index contributed by atoms with van der Waals surface area (Å²) in [6.45, 7) is 4.55. The third kappa shape index (κ3) is 3.91. The molecule has 0 saturated carbocycles. The van der Waals surface area contributed by atoms with Crippen LogP contribution in [0.2, 0.25) is 5.02 Å². The first kappa shape index (κ1) is 13.8. The van der Waals surface area contributed by atoms with Gasteiger partial charge in [-0.2, -0.15) is 0 Å². The minimum Gasteiger partial charge on any atom is -0.409 e. The molecule has 5 heteroatoms. The van der Waals surface area contributed by atoms with Gasteiger partial charge in [-0.25, -0.2) is 0 Å². The Morgan fingerprint density at radius 1 is 1.47 bits per heavy atom. The van der Waals surface area contributed by atoms with Gasteiger partial charge in [0.05, 0.1) is 0 Å². The number of nitrogens with two attached hydrogens (primary N) is 1. The molecule has 0 spiro atoms. The smallest absolute Gasteiger partial charge is 0.143 e. The zero-order chi connectivity index (χ0) is 12.8. The van der Waals surface area contributed by atoms with Gasteiger partial charge in [-0.3, -0.25) is 0 Å². The van der Waals surface area contributed by atoms with Crippen LogP contribution in [0.5, 0.6) is 0 Å². The number of benzene rings is 1. The van der Waals surface area contributed by atoms with Crippen molar-refractivity contribution in [1.29, 1.82) is 0 Å². The van der Waals surface area contributed by atoms with E-state index in [0.29, 0.717) is 6.54 Å². The maximum atomic E-state index is 8.55. The first-order valence-electron chi connectivity index (χ1n) is 5.51. The number of oxime groups is 1. The molecule has 0 aromatic heterocycles. The van der Waals surface area contributed by atoms with E-state index in [-0.39, 0.29) is 17.8 Å². The molecule has 0 radical (unpaired) electrons. The number of hydrogen-bond donors (Lipinski definition) is 3. The SMILES string of the molecule is CC(CN[C@@H](C)c1ccccc1Cl)/C(N)=N/O. The van der Waals surface area contributed by atoms with Crippen LogP contribution < -0.4 is 11.1 Å². The van der Waals surface area contributed by atoms with Crippen molar-refractivity contribution in [3.8, 4) is 0 Å². The maximum absolute atomic E-state index is 8.55. The highest BCUT2D eigenvalue weighted by Crippen LogP contribution is 2.22. The molecule has 0 aliphatic carbocycles. The van der Waals surface area contributed by atoms with Gasteiger partial charge in [0, 0.05) is 23.5 Å². The van der Waals surface area contributed by atoms with Crippen molar-refractivity contribution in [1.82, 2.24) is 5.32 Å². The van der Waals surface area contributed by atoms with E-state index in [4.69, 9.17) is 22.5 Å². The second-order valence-corrected chi connectivity index (χ2v) is 4.48. The molecule has 1 aromatic carbocycles. The Morgan fingerprint density at radius 2 is 2.12 bits per heavy atom. The van der Waals surface area contributed by atoms with Gasteiger partial charge in [0.1, 0.15) is 5.84 Å². The highest BCUT2D eigenvalue weighted by atomic mass is 35.5. The van der Waals surface area contributed by atoms with E-state index in [2.05, 4.69) is 10.5 Å². The van der Waals surface area contributed by atoms with Crippen LogP contribution in [-0.2, 0) is 0 Å². The van der Waals surface area contributed by atoms with Gasteiger partial charge in [-0.05, 0) is 18.6 Å². The molecule has 0 amide bonds. The van der Waals surface area contributed by atoms with E-state index in [1.165, 1.54) is 0 Å². The average Bonchev–Trinajstić information content (AvgIpc) is 2.35. The van der Waals surface area contributed by atoms with Crippen LogP contribution in [0.1, 0.15) is 25.5 Å².